The molecule has 3 N–H and O–H groups in total. The number of thioether (sulfide) groups is 3. The average Bonchev–Trinajstić information content (AvgIpc) is 3.29. The van der Waals surface area contributed by atoms with Gasteiger partial charge in [0.2, 0.25) is 17.1 Å². The maximum atomic E-state index is 11.4. The standard InChI is InChI=1S/C12H15NO2S.C11H15NO2S.C9H13NOS.C2H3ClO.CH4.2ClH/c1-9(14)13-5-6-16-12-4-3-11(15-2)7-10(12)8-13;1-9(13)12-7-8-15-11-5-3-10(14-2)4-6-11;1-11-8-2-4-9(5-3-8)12-7-6-10;1-2(3)4;;;/h3-4,7H,5-6,8H2,1-2H3;3-6H,7-8H2,1-2H3,(H,12,13);2-5H,6-7,10H2,1H3;1H3;1H4;2*1H/p-1. The number of ether oxygens (including phenoxy) is 3. The van der Waals surface area contributed by atoms with E-state index in [0.29, 0.717) is 13.1 Å². The molecule has 0 spiro atoms. The van der Waals surface area contributed by atoms with E-state index in [9.17, 15) is 14.4 Å². The van der Waals surface area contributed by atoms with Crippen molar-refractivity contribution in [3.05, 3.63) is 72.3 Å². The Hall–Kier alpha value is -2.45. The van der Waals surface area contributed by atoms with Crippen LogP contribution in [0.3, 0.4) is 0 Å². The number of nitrogens with zero attached hydrogens (tertiary/aromatic N) is 1. The molecule has 1 aliphatic rings. The highest BCUT2D eigenvalue weighted by atomic mass is 35.5. The third-order valence-electron chi connectivity index (χ3n) is 5.94. The topological polar surface area (TPSA) is 120 Å². The zero-order valence-electron chi connectivity index (χ0n) is 28.7. The van der Waals surface area contributed by atoms with Crippen LogP contribution in [-0.4, -0.2) is 80.2 Å². The van der Waals surface area contributed by atoms with Gasteiger partial charge in [0.25, 0.3) is 0 Å². The third kappa shape index (κ3) is 23.9. The van der Waals surface area contributed by atoms with E-state index >= 15 is 0 Å². The molecule has 0 saturated carbocycles. The average molecular weight is 812 g/mol. The van der Waals surface area contributed by atoms with E-state index in [1.807, 2.05) is 65.6 Å². The Balaban J connectivity index is -0.000000616. The first kappa shape index (κ1) is 51.9. The number of hydrogen-bond donors (Lipinski definition) is 2. The lowest BCUT2D eigenvalue weighted by atomic mass is 10.2. The van der Waals surface area contributed by atoms with Gasteiger partial charge in [-0.15, -0.1) is 47.7 Å². The molecule has 282 valence electrons. The molecule has 0 radical (unpaired) electrons. The van der Waals surface area contributed by atoms with Crippen molar-refractivity contribution in [3.63, 3.8) is 0 Å². The first-order valence-electron chi connectivity index (χ1n) is 14.7. The number of benzene rings is 3. The number of nitrogens with two attached hydrogens (primary N) is 1. The number of carbonyl (C=O) groups is 3. The van der Waals surface area contributed by atoms with Gasteiger partial charge in [-0.3, -0.25) is 14.4 Å². The number of amides is 2. The first-order valence-corrected chi connectivity index (χ1v) is 18.1. The molecule has 1 aliphatic heterocycles. The van der Waals surface area contributed by atoms with Crippen molar-refractivity contribution in [2.75, 3.05) is 58.2 Å². The molecule has 15 heteroatoms. The fourth-order valence-electron chi connectivity index (χ4n) is 3.68. The maximum absolute atomic E-state index is 11.4. The molecule has 0 aromatic heterocycles. The van der Waals surface area contributed by atoms with Gasteiger partial charge in [0.15, 0.2) is 0 Å². The maximum Gasteiger partial charge on any atom is 0.219 e. The van der Waals surface area contributed by atoms with Crippen LogP contribution < -0.4 is 37.7 Å². The Morgan fingerprint density at radius 3 is 1.72 bits per heavy atom. The molecular weight excluding hydrogens is 761 g/mol. The predicted molar refractivity (Wildman–Crippen MR) is 210 cm³/mol. The summed E-state index contributed by atoms with van der Waals surface area (Å²) < 4.78 is 15.3. The fourth-order valence-corrected chi connectivity index (χ4v) is 6.14. The molecule has 0 saturated heterocycles. The minimum atomic E-state index is -0.361. The Bertz CT molecular complexity index is 1350. The molecule has 3 aromatic rings. The lowest BCUT2D eigenvalue weighted by Crippen LogP contribution is -3.00. The van der Waals surface area contributed by atoms with E-state index in [4.69, 9.17) is 19.9 Å². The Morgan fingerprint density at radius 2 is 1.30 bits per heavy atom. The predicted octanol–water partition coefficient (Wildman–Crippen LogP) is 4.65. The highest BCUT2D eigenvalue weighted by Gasteiger charge is 2.17. The van der Waals surface area contributed by atoms with Crippen molar-refractivity contribution < 1.29 is 41.0 Å². The van der Waals surface area contributed by atoms with Gasteiger partial charge >= 0.3 is 0 Å². The van der Waals surface area contributed by atoms with Crippen LogP contribution in [0.15, 0.2) is 81.4 Å². The summed E-state index contributed by atoms with van der Waals surface area (Å²) in [6.07, 6.45) is 0. The summed E-state index contributed by atoms with van der Waals surface area (Å²) in [7, 11) is 4.98. The van der Waals surface area contributed by atoms with Crippen molar-refractivity contribution in [3.8, 4) is 17.2 Å². The summed E-state index contributed by atoms with van der Waals surface area (Å²) in [6, 6.07) is 21.9. The monoisotopic (exact) mass is 810 g/mol. The van der Waals surface area contributed by atoms with Crippen molar-refractivity contribution in [2.45, 2.75) is 49.4 Å². The largest absolute Gasteiger partial charge is 1.00 e. The van der Waals surface area contributed by atoms with Gasteiger partial charge in [-0.25, -0.2) is 0 Å². The Labute approximate surface area is 328 Å². The smallest absolute Gasteiger partial charge is 0.219 e. The number of rotatable bonds is 10. The second-order valence-electron chi connectivity index (χ2n) is 9.55. The zero-order chi connectivity index (χ0) is 35.0. The molecule has 2 amide bonds. The SMILES string of the molecule is C.CC(=O)Cl.COc1ccc(SCCN)cc1.COc1ccc(SCCNC(C)=O)cc1.COc1ccc2c(c1)CN(C(C)=O)CCS2.Cl.[Cl-]. The molecule has 0 unspecified atom stereocenters. The van der Waals surface area contributed by atoms with E-state index in [-0.39, 0.29) is 49.3 Å². The molecule has 0 bridgehead atoms. The van der Waals surface area contributed by atoms with E-state index < -0.39 is 0 Å². The van der Waals surface area contributed by atoms with Crippen molar-refractivity contribution in [1.29, 1.82) is 0 Å². The van der Waals surface area contributed by atoms with E-state index in [0.717, 1.165) is 47.6 Å². The molecule has 0 atom stereocenters. The second-order valence-corrected chi connectivity index (χ2v) is 13.6. The van der Waals surface area contributed by atoms with Gasteiger partial charge < -0.3 is 42.6 Å². The van der Waals surface area contributed by atoms with Crippen LogP contribution in [0.2, 0.25) is 0 Å². The van der Waals surface area contributed by atoms with E-state index in [1.54, 1.807) is 63.5 Å². The molecule has 3 aromatic carbocycles. The van der Waals surface area contributed by atoms with Crippen LogP contribution in [0.1, 0.15) is 33.8 Å². The summed E-state index contributed by atoms with van der Waals surface area (Å²) in [5, 5.41) is 2.39. The summed E-state index contributed by atoms with van der Waals surface area (Å²) in [5.41, 5.74) is 6.56. The van der Waals surface area contributed by atoms with Crippen molar-refractivity contribution >= 4 is 76.4 Å². The number of halogens is 3. The second kappa shape index (κ2) is 31.3. The van der Waals surface area contributed by atoms with Crippen LogP contribution in [0.5, 0.6) is 17.2 Å². The van der Waals surface area contributed by atoms with Crippen LogP contribution in [0.25, 0.3) is 0 Å². The normalized spacial score (nSPS) is 10.7. The first-order chi connectivity index (χ1) is 22.5. The number of nitrogens with one attached hydrogen (secondary N) is 1. The highest BCUT2D eigenvalue weighted by molar-refractivity contribution is 7.99. The van der Waals surface area contributed by atoms with Gasteiger partial charge in [-0.2, -0.15) is 0 Å². The zero-order valence-corrected chi connectivity index (χ0v) is 33.4. The van der Waals surface area contributed by atoms with Crippen molar-refractivity contribution in [2.24, 2.45) is 5.73 Å². The number of fused-ring (bicyclic) bond motifs is 1. The summed E-state index contributed by atoms with van der Waals surface area (Å²) in [6.45, 7) is 7.37. The van der Waals surface area contributed by atoms with Crippen molar-refractivity contribution in [1.82, 2.24) is 10.2 Å². The number of methoxy groups -OCH3 is 3. The summed E-state index contributed by atoms with van der Waals surface area (Å²) >= 11 is 9.91. The van der Waals surface area contributed by atoms with Gasteiger partial charge in [0, 0.05) is 78.9 Å². The van der Waals surface area contributed by atoms with E-state index in [2.05, 4.69) is 23.0 Å². The van der Waals surface area contributed by atoms with Gasteiger partial charge in [0.05, 0.1) is 21.3 Å². The number of carbonyl (C=O) groups excluding carboxylic acids is 3. The Morgan fingerprint density at radius 1 is 0.840 bits per heavy atom. The highest BCUT2D eigenvalue weighted by Crippen LogP contribution is 2.30. The molecule has 9 nitrogen and oxygen atoms in total. The Kier molecular flexibility index (Phi) is 32.5. The molecule has 4 rings (SSSR count). The minimum Gasteiger partial charge on any atom is -1.00 e. The lowest BCUT2D eigenvalue weighted by Gasteiger charge is -2.18. The summed E-state index contributed by atoms with van der Waals surface area (Å²) in [5.74, 6) is 5.57. The summed E-state index contributed by atoms with van der Waals surface area (Å²) in [4.78, 5) is 36.8. The van der Waals surface area contributed by atoms with Crippen LogP contribution in [0.4, 0.5) is 0 Å². The van der Waals surface area contributed by atoms with Gasteiger partial charge in [-0.05, 0) is 83.9 Å². The minimum absolute atomic E-state index is 0. The van der Waals surface area contributed by atoms with Crippen LogP contribution >= 0.6 is 59.3 Å². The lowest BCUT2D eigenvalue weighted by molar-refractivity contribution is -0.129. The molecule has 0 fully saturated rings. The molecule has 50 heavy (non-hydrogen) atoms. The van der Waals surface area contributed by atoms with Crippen LogP contribution in [0, 0.1) is 0 Å². The third-order valence-corrected chi connectivity index (χ3v) is 9.10. The molecule has 1 heterocycles. The molecule has 0 aliphatic carbocycles. The number of hydrogen-bond acceptors (Lipinski definition) is 10. The van der Waals surface area contributed by atoms with Gasteiger partial charge in [-0.1, -0.05) is 7.43 Å². The van der Waals surface area contributed by atoms with E-state index in [1.165, 1.54) is 34.1 Å². The fraction of sp³-hybridized carbons (Fsp3) is 0.400. The van der Waals surface area contributed by atoms with Gasteiger partial charge in [0.1, 0.15) is 17.2 Å². The van der Waals surface area contributed by atoms with Crippen LogP contribution in [-0.2, 0) is 20.9 Å². The molecular formula is C35H51Cl3N3O6S3-. The quantitative estimate of drug-likeness (QED) is 0.170.